The average molecular weight is 428 g/mol. The van der Waals surface area contributed by atoms with Crippen LogP contribution in [0.5, 0.6) is 0 Å². The first kappa shape index (κ1) is 21.4. The fourth-order valence-electron chi connectivity index (χ4n) is 3.32. The molecular weight excluding hydrogens is 405 g/mol. The zero-order valence-electron chi connectivity index (χ0n) is 15.9. The first-order valence-electron chi connectivity index (χ1n) is 9.21. The van der Waals surface area contributed by atoms with E-state index in [1.54, 1.807) is 19.2 Å². The molecule has 0 aromatic heterocycles. The van der Waals surface area contributed by atoms with Crippen molar-refractivity contribution in [3.63, 3.8) is 0 Å². The van der Waals surface area contributed by atoms with Crippen LogP contribution in [0.3, 0.4) is 0 Å². The monoisotopic (exact) mass is 428 g/mol. The maximum atomic E-state index is 12.6. The number of methoxy groups -OCH3 is 1. The van der Waals surface area contributed by atoms with Gasteiger partial charge >= 0.3 is 6.18 Å². The molecule has 1 N–H and O–H groups in total. The topological polar surface area (TPSA) is 58.6 Å². The Morgan fingerprint density at radius 1 is 1.03 bits per heavy atom. The van der Waals surface area contributed by atoms with Gasteiger partial charge in [0.05, 0.1) is 17.4 Å². The molecule has 2 aromatic rings. The second kappa shape index (κ2) is 8.62. The zero-order valence-corrected chi connectivity index (χ0v) is 16.8. The van der Waals surface area contributed by atoms with E-state index in [0.717, 1.165) is 43.8 Å². The molecule has 29 heavy (non-hydrogen) atoms. The molecule has 2 aromatic carbocycles. The van der Waals surface area contributed by atoms with Crippen molar-refractivity contribution in [1.29, 1.82) is 0 Å². The summed E-state index contributed by atoms with van der Waals surface area (Å²) in [6.07, 6.45) is -2.28. The minimum absolute atomic E-state index is 0.280. The predicted molar refractivity (Wildman–Crippen MR) is 106 cm³/mol. The number of hydrogen-bond donors (Lipinski definition) is 1. The number of ether oxygens (including phenoxy) is 1. The molecule has 0 saturated carbocycles. The number of alkyl halides is 3. The molecule has 0 bridgehead atoms. The van der Waals surface area contributed by atoms with Crippen LogP contribution in [0.1, 0.15) is 24.0 Å². The van der Waals surface area contributed by atoms with Gasteiger partial charge in [-0.15, -0.1) is 0 Å². The van der Waals surface area contributed by atoms with Crippen LogP contribution in [-0.2, 0) is 26.7 Å². The van der Waals surface area contributed by atoms with E-state index in [2.05, 4.69) is 9.62 Å². The smallest absolute Gasteiger partial charge is 0.381 e. The summed E-state index contributed by atoms with van der Waals surface area (Å²) in [6.45, 7) is 1.75. The van der Waals surface area contributed by atoms with Crippen molar-refractivity contribution in [2.45, 2.75) is 30.9 Å². The highest BCUT2D eigenvalue weighted by Gasteiger charge is 2.30. The summed E-state index contributed by atoms with van der Waals surface area (Å²) in [6, 6.07) is 11.2. The molecule has 158 valence electrons. The fraction of sp³-hybridized carbons (Fsp3) is 0.400. The summed E-state index contributed by atoms with van der Waals surface area (Å²) in [5, 5.41) is 0. The van der Waals surface area contributed by atoms with Gasteiger partial charge in [0.2, 0.25) is 10.0 Å². The van der Waals surface area contributed by atoms with E-state index in [1.165, 1.54) is 12.1 Å². The van der Waals surface area contributed by atoms with Crippen molar-refractivity contribution in [2.75, 3.05) is 29.8 Å². The summed E-state index contributed by atoms with van der Waals surface area (Å²) in [4.78, 5) is 2.22. The van der Waals surface area contributed by atoms with Gasteiger partial charge < -0.3 is 9.64 Å². The van der Waals surface area contributed by atoms with Crippen LogP contribution < -0.4 is 9.62 Å². The van der Waals surface area contributed by atoms with Crippen molar-refractivity contribution in [3.8, 4) is 0 Å². The number of nitrogens with zero attached hydrogens (tertiary/aromatic N) is 1. The van der Waals surface area contributed by atoms with Gasteiger partial charge in [-0.2, -0.15) is 13.2 Å². The number of hydrogen-bond acceptors (Lipinski definition) is 4. The third-order valence-corrected chi connectivity index (χ3v) is 6.18. The molecule has 0 aliphatic carbocycles. The molecule has 5 nitrogen and oxygen atoms in total. The minimum atomic E-state index is -4.45. The lowest BCUT2D eigenvalue weighted by atomic mass is 10.1. The van der Waals surface area contributed by atoms with Gasteiger partial charge in [-0.3, -0.25) is 4.72 Å². The van der Waals surface area contributed by atoms with Gasteiger partial charge in [-0.25, -0.2) is 8.42 Å². The maximum absolute atomic E-state index is 12.6. The number of piperidine rings is 1. The molecule has 3 rings (SSSR count). The van der Waals surface area contributed by atoms with Gasteiger partial charge in [-0.05, 0) is 54.8 Å². The van der Waals surface area contributed by atoms with Gasteiger partial charge in [0.1, 0.15) is 0 Å². The van der Waals surface area contributed by atoms with E-state index >= 15 is 0 Å². The van der Waals surface area contributed by atoms with Gasteiger partial charge in [-0.1, -0.05) is 12.1 Å². The first-order chi connectivity index (χ1) is 13.7. The second-order valence-electron chi connectivity index (χ2n) is 7.02. The van der Waals surface area contributed by atoms with Crippen LogP contribution in [0.15, 0.2) is 48.5 Å². The molecule has 0 spiro atoms. The quantitative estimate of drug-likeness (QED) is 0.747. The van der Waals surface area contributed by atoms with E-state index in [9.17, 15) is 21.6 Å². The van der Waals surface area contributed by atoms with E-state index in [1.807, 2.05) is 12.1 Å². The highest BCUT2D eigenvalue weighted by atomic mass is 32.2. The molecule has 1 fully saturated rings. The molecule has 1 aliphatic heterocycles. The van der Waals surface area contributed by atoms with Crippen molar-refractivity contribution >= 4 is 21.4 Å². The maximum Gasteiger partial charge on any atom is 0.416 e. The Balaban J connectivity index is 1.60. The molecule has 1 saturated heterocycles. The third kappa shape index (κ3) is 5.86. The molecule has 1 heterocycles. The molecule has 0 amide bonds. The van der Waals surface area contributed by atoms with Gasteiger partial charge in [0, 0.05) is 31.6 Å². The molecule has 0 atom stereocenters. The van der Waals surface area contributed by atoms with Crippen molar-refractivity contribution in [2.24, 2.45) is 0 Å². The third-order valence-electron chi connectivity index (χ3n) is 4.92. The molecule has 0 radical (unpaired) electrons. The number of anilines is 2. The number of nitrogens with one attached hydrogen (secondary N) is 1. The average Bonchev–Trinajstić information content (AvgIpc) is 2.68. The Morgan fingerprint density at radius 3 is 2.14 bits per heavy atom. The normalized spacial score (nSPS) is 16.1. The minimum Gasteiger partial charge on any atom is -0.381 e. The number of halogens is 3. The van der Waals surface area contributed by atoms with Crippen molar-refractivity contribution in [1.82, 2.24) is 0 Å². The van der Waals surface area contributed by atoms with E-state index in [-0.39, 0.29) is 11.7 Å². The highest BCUT2D eigenvalue weighted by Crippen LogP contribution is 2.29. The lowest BCUT2D eigenvalue weighted by Gasteiger charge is -2.33. The first-order valence-corrected chi connectivity index (χ1v) is 10.9. The SMILES string of the molecule is COC1CCN(c2ccc(NS(=O)(=O)Cc3ccc(C(F)(F)F)cc3)cc2)CC1. The van der Waals surface area contributed by atoms with Crippen LogP contribution in [0, 0.1) is 0 Å². The lowest BCUT2D eigenvalue weighted by Crippen LogP contribution is -2.36. The van der Waals surface area contributed by atoms with Crippen LogP contribution in [-0.4, -0.2) is 34.7 Å². The summed E-state index contributed by atoms with van der Waals surface area (Å²) in [5.74, 6) is -0.405. The van der Waals surface area contributed by atoms with Crippen LogP contribution in [0.2, 0.25) is 0 Å². The summed E-state index contributed by atoms with van der Waals surface area (Å²) < 4.78 is 70.4. The summed E-state index contributed by atoms with van der Waals surface area (Å²) in [5.41, 5.74) is 0.887. The fourth-order valence-corrected chi connectivity index (χ4v) is 4.51. The molecular formula is C20H23F3N2O3S. The van der Waals surface area contributed by atoms with Crippen molar-refractivity contribution in [3.05, 3.63) is 59.7 Å². The standard InChI is InChI=1S/C20H23F3N2O3S/c1-28-19-10-12-25(13-11-19)18-8-6-17(7-9-18)24-29(26,27)14-15-2-4-16(5-3-15)20(21,22)23/h2-9,19,24H,10-14H2,1H3. The number of benzene rings is 2. The van der Waals surface area contributed by atoms with Crippen LogP contribution >= 0.6 is 0 Å². The van der Waals surface area contributed by atoms with Crippen molar-refractivity contribution < 1.29 is 26.3 Å². The van der Waals surface area contributed by atoms with Crippen LogP contribution in [0.25, 0.3) is 0 Å². The predicted octanol–water partition coefficient (Wildman–Crippen LogP) is 4.26. The Kier molecular flexibility index (Phi) is 6.38. The van der Waals surface area contributed by atoms with E-state index < -0.39 is 27.5 Å². The number of sulfonamides is 1. The van der Waals surface area contributed by atoms with E-state index in [0.29, 0.717) is 5.69 Å². The van der Waals surface area contributed by atoms with Gasteiger partial charge in [0.25, 0.3) is 0 Å². The molecule has 9 heteroatoms. The molecule has 0 unspecified atom stereocenters. The largest absolute Gasteiger partial charge is 0.416 e. The Morgan fingerprint density at radius 2 is 1.62 bits per heavy atom. The number of rotatable bonds is 6. The summed E-state index contributed by atoms with van der Waals surface area (Å²) in [7, 11) is -2.03. The van der Waals surface area contributed by atoms with Gasteiger partial charge in [0.15, 0.2) is 0 Å². The Labute approximate surface area is 168 Å². The Bertz CT molecular complexity index is 905. The lowest BCUT2D eigenvalue weighted by molar-refractivity contribution is -0.137. The van der Waals surface area contributed by atoms with Crippen LogP contribution in [0.4, 0.5) is 24.5 Å². The second-order valence-corrected chi connectivity index (χ2v) is 8.75. The highest BCUT2D eigenvalue weighted by molar-refractivity contribution is 7.91. The van der Waals surface area contributed by atoms with E-state index in [4.69, 9.17) is 4.74 Å². The summed E-state index contributed by atoms with van der Waals surface area (Å²) >= 11 is 0. The Hall–Kier alpha value is -2.26. The zero-order chi connectivity index (χ0) is 21.1. The molecule has 1 aliphatic rings.